The standard InChI is InChI=1S/C16H24ClN3O/c1-11(20-8-4-7-16(2,3)10-20)15(21)19-14-6-5-12(17)9-13(14)18/h5-6,9,11H,4,7-8,10,18H2,1-3H3,(H,19,21). The number of likely N-dealkylation sites (tertiary alicyclic amines) is 1. The predicted molar refractivity (Wildman–Crippen MR) is 88.5 cm³/mol. The Kier molecular flexibility index (Phi) is 4.79. The fourth-order valence-electron chi connectivity index (χ4n) is 2.85. The van der Waals surface area contributed by atoms with Crippen molar-refractivity contribution in [2.24, 2.45) is 5.41 Å². The van der Waals surface area contributed by atoms with E-state index in [1.54, 1.807) is 18.2 Å². The Balaban J connectivity index is 2.02. The summed E-state index contributed by atoms with van der Waals surface area (Å²) in [6.45, 7) is 8.36. The molecule has 1 atom stereocenters. The molecule has 1 aliphatic rings. The fraction of sp³-hybridized carbons (Fsp3) is 0.562. The van der Waals surface area contributed by atoms with Gasteiger partial charge in [-0.1, -0.05) is 25.4 Å². The Hall–Kier alpha value is -1.26. The highest BCUT2D eigenvalue weighted by Gasteiger charge is 2.31. The molecule has 0 aliphatic carbocycles. The molecule has 116 valence electrons. The van der Waals surface area contributed by atoms with E-state index in [0.29, 0.717) is 16.4 Å². The fourth-order valence-corrected chi connectivity index (χ4v) is 3.03. The van der Waals surface area contributed by atoms with Gasteiger partial charge in [0.05, 0.1) is 17.4 Å². The minimum Gasteiger partial charge on any atom is -0.397 e. The Morgan fingerprint density at radius 1 is 1.48 bits per heavy atom. The molecule has 0 radical (unpaired) electrons. The highest BCUT2D eigenvalue weighted by Crippen LogP contribution is 2.30. The summed E-state index contributed by atoms with van der Waals surface area (Å²) < 4.78 is 0. The second-order valence-corrected chi connectivity index (χ2v) is 7.07. The number of halogens is 1. The molecule has 1 aromatic rings. The summed E-state index contributed by atoms with van der Waals surface area (Å²) in [5.41, 5.74) is 7.25. The van der Waals surface area contributed by atoms with Crippen molar-refractivity contribution < 1.29 is 4.79 Å². The van der Waals surface area contributed by atoms with Crippen molar-refractivity contribution in [3.8, 4) is 0 Å². The molecule has 0 bridgehead atoms. The van der Waals surface area contributed by atoms with Crippen LogP contribution in [0.3, 0.4) is 0 Å². The Morgan fingerprint density at radius 3 is 2.81 bits per heavy atom. The maximum atomic E-state index is 12.4. The van der Waals surface area contributed by atoms with E-state index in [1.165, 1.54) is 6.42 Å². The number of nitrogens with zero attached hydrogens (tertiary/aromatic N) is 1. The number of carbonyl (C=O) groups is 1. The van der Waals surface area contributed by atoms with Gasteiger partial charge < -0.3 is 11.1 Å². The maximum Gasteiger partial charge on any atom is 0.241 e. The van der Waals surface area contributed by atoms with Crippen LogP contribution in [0.4, 0.5) is 11.4 Å². The number of hydrogen-bond donors (Lipinski definition) is 2. The van der Waals surface area contributed by atoms with Crippen LogP contribution in [-0.4, -0.2) is 29.9 Å². The predicted octanol–water partition coefficient (Wildman–Crippen LogP) is 3.37. The number of carbonyl (C=O) groups excluding carboxylic acids is 1. The highest BCUT2D eigenvalue weighted by atomic mass is 35.5. The van der Waals surface area contributed by atoms with Crippen molar-refractivity contribution in [2.75, 3.05) is 24.1 Å². The van der Waals surface area contributed by atoms with E-state index in [2.05, 4.69) is 24.1 Å². The molecule has 3 N–H and O–H groups in total. The van der Waals surface area contributed by atoms with Crippen molar-refractivity contribution in [3.63, 3.8) is 0 Å². The van der Waals surface area contributed by atoms with Crippen LogP contribution in [0.2, 0.25) is 5.02 Å². The molecule has 21 heavy (non-hydrogen) atoms. The van der Waals surface area contributed by atoms with Gasteiger partial charge in [0.1, 0.15) is 0 Å². The van der Waals surface area contributed by atoms with Gasteiger partial charge in [0.25, 0.3) is 0 Å². The summed E-state index contributed by atoms with van der Waals surface area (Å²) >= 11 is 5.87. The van der Waals surface area contributed by atoms with Gasteiger partial charge in [-0.05, 0) is 49.9 Å². The third kappa shape index (κ3) is 4.11. The lowest BCUT2D eigenvalue weighted by Crippen LogP contribution is -2.49. The molecule has 1 fully saturated rings. The quantitative estimate of drug-likeness (QED) is 0.842. The van der Waals surface area contributed by atoms with E-state index in [-0.39, 0.29) is 17.4 Å². The molecule has 1 aliphatic heterocycles. The van der Waals surface area contributed by atoms with E-state index in [4.69, 9.17) is 17.3 Å². The summed E-state index contributed by atoms with van der Waals surface area (Å²) in [7, 11) is 0. The summed E-state index contributed by atoms with van der Waals surface area (Å²) in [6.07, 6.45) is 2.34. The molecular formula is C16H24ClN3O. The minimum atomic E-state index is -0.167. The van der Waals surface area contributed by atoms with Crippen LogP contribution in [0.15, 0.2) is 18.2 Å². The molecule has 0 saturated carbocycles. The molecule has 1 saturated heterocycles. The van der Waals surface area contributed by atoms with Gasteiger partial charge >= 0.3 is 0 Å². The zero-order chi connectivity index (χ0) is 15.6. The van der Waals surface area contributed by atoms with Crippen LogP contribution in [-0.2, 0) is 4.79 Å². The van der Waals surface area contributed by atoms with E-state index in [9.17, 15) is 4.79 Å². The summed E-state index contributed by atoms with van der Waals surface area (Å²) in [6, 6.07) is 4.94. The molecule has 0 aromatic heterocycles. The van der Waals surface area contributed by atoms with Gasteiger partial charge in [-0.25, -0.2) is 0 Å². The summed E-state index contributed by atoms with van der Waals surface area (Å²) in [5, 5.41) is 3.46. The number of amides is 1. The number of hydrogen-bond acceptors (Lipinski definition) is 3. The topological polar surface area (TPSA) is 58.4 Å². The number of rotatable bonds is 3. The Morgan fingerprint density at radius 2 is 2.19 bits per heavy atom. The molecule has 4 nitrogen and oxygen atoms in total. The molecular weight excluding hydrogens is 286 g/mol. The molecule has 1 heterocycles. The van der Waals surface area contributed by atoms with Gasteiger partial charge in [0.15, 0.2) is 0 Å². The number of anilines is 2. The van der Waals surface area contributed by atoms with Gasteiger partial charge in [0, 0.05) is 11.6 Å². The van der Waals surface area contributed by atoms with E-state index in [0.717, 1.165) is 19.5 Å². The van der Waals surface area contributed by atoms with Gasteiger partial charge in [-0.2, -0.15) is 0 Å². The minimum absolute atomic E-state index is 0.0262. The monoisotopic (exact) mass is 309 g/mol. The van der Waals surface area contributed by atoms with Gasteiger partial charge in [-0.15, -0.1) is 0 Å². The molecule has 1 amide bonds. The lowest BCUT2D eigenvalue weighted by molar-refractivity contribution is -0.121. The lowest BCUT2D eigenvalue weighted by Gasteiger charge is -2.40. The Labute approximate surface area is 131 Å². The van der Waals surface area contributed by atoms with Crippen LogP contribution in [0.5, 0.6) is 0 Å². The largest absolute Gasteiger partial charge is 0.397 e. The molecule has 2 rings (SSSR count). The zero-order valence-electron chi connectivity index (χ0n) is 12.9. The lowest BCUT2D eigenvalue weighted by atomic mass is 9.83. The second-order valence-electron chi connectivity index (χ2n) is 6.64. The maximum absolute atomic E-state index is 12.4. The van der Waals surface area contributed by atoms with E-state index in [1.807, 2.05) is 6.92 Å². The third-order valence-corrected chi connectivity index (χ3v) is 4.36. The number of nitrogen functional groups attached to an aromatic ring is 1. The van der Waals surface area contributed by atoms with Crippen LogP contribution in [0.25, 0.3) is 0 Å². The normalized spacial score (nSPS) is 20.0. The highest BCUT2D eigenvalue weighted by molar-refractivity contribution is 6.31. The zero-order valence-corrected chi connectivity index (χ0v) is 13.7. The van der Waals surface area contributed by atoms with E-state index >= 15 is 0 Å². The molecule has 5 heteroatoms. The van der Waals surface area contributed by atoms with Crippen LogP contribution in [0.1, 0.15) is 33.6 Å². The van der Waals surface area contributed by atoms with Gasteiger partial charge in [-0.3, -0.25) is 9.69 Å². The number of nitrogens with two attached hydrogens (primary N) is 1. The average Bonchev–Trinajstić information content (AvgIpc) is 2.40. The van der Waals surface area contributed by atoms with Crippen molar-refractivity contribution in [1.82, 2.24) is 4.90 Å². The SMILES string of the molecule is CC(C(=O)Nc1ccc(Cl)cc1N)N1CCCC(C)(C)C1. The van der Waals surface area contributed by atoms with Crippen molar-refractivity contribution >= 4 is 28.9 Å². The first kappa shape index (κ1) is 16.1. The van der Waals surface area contributed by atoms with Crippen LogP contribution < -0.4 is 11.1 Å². The number of benzene rings is 1. The number of piperidine rings is 1. The first-order valence-electron chi connectivity index (χ1n) is 7.38. The molecule has 1 aromatic carbocycles. The van der Waals surface area contributed by atoms with E-state index < -0.39 is 0 Å². The van der Waals surface area contributed by atoms with Crippen molar-refractivity contribution in [1.29, 1.82) is 0 Å². The molecule has 1 unspecified atom stereocenters. The van der Waals surface area contributed by atoms with Crippen LogP contribution >= 0.6 is 11.6 Å². The Bertz CT molecular complexity index is 530. The van der Waals surface area contributed by atoms with Crippen molar-refractivity contribution in [2.45, 2.75) is 39.7 Å². The smallest absolute Gasteiger partial charge is 0.241 e. The van der Waals surface area contributed by atoms with Crippen LogP contribution in [0, 0.1) is 5.41 Å². The average molecular weight is 310 g/mol. The third-order valence-electron chi connectivity index (χ3n) is 4.13. The number of nitrogens with one attached hydrogen (secondary N) is 1. The van der Waals surface area contributed by atoms with Gasteiger partial charge in [0.2, 0.25) is 5.91 Å². The van der Waals surface area contributed by atoms with Crippen molar-refractivity contribution in [3.05, 3.63) is 23.2 Å². The second kappa shape index (κ2) is 6.24. The molecule has 0 spiro atoms. The first-order chi connectivity index (χ1) is 9.78. The summed E-state index contributed by atoms with van der Waals surface area (Å²) in [4.78, 5) is 14.7. The summed E-state index contributed by atoms with van der Waals surface area (Å²) in [5.74, 6) is -0.0262. The first-order valence-corrected chi connectivity index (χ1v) is 7.76.